The van der Waals surface area contributed by atoms with Gasteiger partial charge in [0.1, 0.15) is 5.56 Å². The van der Waals surface area contributed by atoms with Crippen molar-refractivity contribution in [2.24, 2.45) is 0 Å². The van der Waals surface area contributed by atoms with Crippen LogP contribution < -0.4 is 4.90 Å². The Bertz CT molecular complexity index is 552. The highest BCUT2D eigenvalue weighted by molar-refractivity contribution is 5.95. The fourth-order valence-electron chi connectivity index (χ4n) is 2.70. The number of rotatable bonds is 4. The summed E-state index contributed by atoms with van der Waals surface area (Å²) in [7, 11) is 0. The van der Waals surface area contributed by atoms with Crippen LogP contribution in [-0.4, -0.2) is 34.4 Å². The van der Waals surface area contributed by atoms with E-state index in [0.717, 1.165) is 30.8 Å². The van der Waals surface area contributed by atoms with Crippen molar-refractivity contribution in [2.75, 3.05) is 18.0 Å². The Kier molecular flexibility index (Phi) is 4.37. The first kappa shape index (κ1) is 14.5. The van der Waals surface area contributed by atoms with Crippen LogP contribution in [0.1, 0.15) is 48.8 Å². The van der Waals surface area contributed by atoms with E-state index in [1.165, 1.54) is 5.57 Å². The number of aromatic carboxylic acids is 1. The molecule has 0 saturated heterocycles. The van der Waals surface area contributed by atoms with E-state index >= 15 is 0 Å². The normalized spacial score (nSPS) is 15.2. The van der Waals surface area contributed by atoms with Gasteiger partial charge in [0.2, 0.25) is 0 Å². The predicted octanol–water partition coefficient (Wildman–Crippen LogP) is 2.46. The van der Waals surface area contributed by atoms with E-state index in [4.69, 9.17) is 0 Å². The zero-order valence-electron chi connectivity index (χ0n) is 12.3. The van der Waals surface area contributed by atoms with Crippen LogP contribution in [0, 0.1) is 0 Å². The molecule has 1 aromatic rings. The highest BCUT2D eigenvalue weighted by Gasteiger charge is 2.25. The number of aromatic nitrogens is 2. The van der Waals surface area contributed by atoms with Crippen LogP contribution in [0.25, 0.3) is 0 Å². The zero-order chi connectivity index (χ0) is 14.7. The molecule has 0 aromatic carbocycles. The fraction of sp³-hybridized carbons (Fsp3) is 0.533. The van der Waals surface area contributed by atoms with Gasteiger partial charge in [0, 0.05) is 13.1 Å². The van der Waals surface area contributed by atoms with Crippen molar-refractivity contribution in [3.05, 3.63) is 28.5 Å². The van der Waals surface area contributed by atoms with Crippen LogP contribution in [0.15, 0.2) is 11.6 Å². The smallest absolute Gasteiger partial charge is 0.339 e. The number of hydrogen-bond donors (Lipinski definition) is 1. The lowest BCUT2D eigenvalue weighted by Crippen LogP contribution is -2.32. The van der Waals surface area contributed by atoms with E-state index in [1.54, 1.807) is 0 Å². The number of carbonyl (C=O) groups is 1. The molecular weight excluding hydrogens is 254 g/mol. The molecular formula is C15H21N3O2. The highest BCUT2D eigenvalue weighted by atomic mass is 16.4. The van der Waals surface area contributed by atoms with Gasteiger partial charge in [-0.1, -0.05) is 25.5 Å². The van der Waals surface area contributed by atoms with Crippen molar-refractivity contribution in [1.29, 1.82) is 0 Å². The molecule has 0 saturated carbocycles. The molecule has 0 atom stereocenters. The molecule has 0 unspecified atom stereocenters. The van der Waals surface area contributed by atoms with Gasteiger partial charge in [-0.05, 0) is 31.7 Å². The predicted molar refractivity (Wildman–Crippen MR) is 78.3 cm³/mol. The lowest BCUT2D eigenvalue weighted by molar-refractivity contribution is 0.0695. The lowest BCUT2D eigenvalue weighted by atomic mass is 10.0. The molecule has 108 valence electrons. The van der Waals surface area contributed by atoms with E-state index in [-0.39, 0.29) is 0 Å². The Hall–Kier alpha value is -1.91. The summed E-state index contributed by atoms with van der Waals surface area (Å²) in [6, 6.07) is 0. The van der Waals surface area contributed by atoms with Gasteiger partial charge < -0.3 is 10.0 Å². The highest BCUT2D eigenvalue weighted by Crippen LogP contribution is 2.26. The first-order valence-electron chi connectivity index (χ1n) is 7.10. The average Bonchev–Trinajstić information content (AvgIpc) is 2.45. The van der Waals surface area contributed by atoms with Crippen LogP contribution in [0.5, 0.6) is 0 Å². The van der Waals surface area contributed by atoms with Gasteiger partial charge in [-0.3, -0.25) is 0 Å². The largest absolute Gasteiger partial charge is 0.478 e. The van der Waals surface area contributed by atoms with E-state index < -0.39 is 5.97 Å². The van der Waals surface area contributed by atoms with Crippen LogP contribution in [-0.2, 0) is 12.8 Å². The number of anilines is 1. The summed E-state index contributed by atoms with van der Waals surface area (Å²) in [6.07, 6.45) is 4.47. The molecule has 5 heteroatoms. The molecule has 0 radical (unpaired) electrons. The molecule has 1 N–H and O–H groups in total. The first-order chi connectivity index (χ1) is 9.58. The molecule has 0 spiro atoms. The zero-order valence-corrected chi connectivity index (χ0v) is 12.3. The number of aryl methyl sites for hydroxylation is 1. The summed E-state index contributed by atoms with van der Waals surface area (Å²) in [5.74, 6) is -0.396. The van der Waals surface area contributed by atoms with Crippen LogP contribution in [0.4, 0.5) is 5.82 Å². The Balaban J connectivity index is 2.53. The quantitative estimate of drug-likeness (QED) is 0.855. The summed E-state index contributed by atoms with van der Waals surface area (Å²) >= 11 is 0. The molecule has 0 amide bonds. The summed E-state index contributed by atoms with van der Waals surface area (Å²) in [6.45, 7) is 7.52. The minimum atomic E-state index is -0.909. The molecule has 1 aromatic heterocycles. The van der Waals surface area contributed by atoms with E-state index in [1.807, 2.05) is 18.7 Å². The topological polar surface area (TPSA) is 66.3 Å². The summed E-state index contributed by atoms with van der Waals surface area (Å²) < 4.78 is 0. The van der Waals surface area contributed by atoms with Crippen LogP contribution >= 0.6 is 0 Å². The maximum atomic E-state index is 11.7. The molecule has 1 aliphatic rings. The maximum absolute atomic E-state index is 11.7. The van der Waals surface area contributed by atoms with Crippen LogP contribution in [0.3, 0.4) is 0 Å². The second-order valence-corrected chi connectivity index (χ2v) is 5.10. The molecule has 2 rings (SSSR count). The van der Waals surface area contributed by atoms with E-state index in [2.05, 4.69) is 23.2 Å². The number of hydrogen-bond acceptors (Lipinski definition) is 4. The monoisotopic (exact) mass is 275 g/mol. The minimum absolute atomic E-state index is 0.328. The van der Waals surface area contributed by atoms with E-state index in [9.17, 15) is 9.90 Å². The third-order valence-corrected chi connectivity index (χ3v) is 3.67. The fourth-order valence-corrected chi connectivity index (χ4v) is 2.70. The summed E-state index contributed by atoms with van der Waals surface area (Å²) in [4.78, 5) is 13.7. The third-order valence-electron chi connectivity index (χ3n) is 3.67. The number of carboxylic acids is 1. The molecule has 0 fully saturated rings. The Morgan fingerprint density at radius 1 is 1.35 bits per heavy atom. The van der Waals surface area contributed by atoms with Crippen LogP contribution in [0.2, 0.25) is 0 Å². The Morgan fingerprint density at radius 2 is 2.10 bits per heavy atom. The minimum Gasteiger partial charge on any atom is -0.478 e. The second-order valence-electron chi connectivity index (χ2n) is 5.10. The van der Waals surface area contributed by atoms with Crippen molar-refractivity contribution >= 4 is 11.8 Å². The Morgan fingerprint density at radius 3 is 2.65 bits per heavy atom. The molecule has 2 heterocycles. The van der Waals surface area contributed by atoms with Crippen molar-refractivity contribution in [3.63, 3.8) is 0 Å². The SMILES string of the molecule is CCc1nnc(N2CCC=C(C)C2)c(C(=O)O)c1CC. The standard InChI is InChI=1S/C15H21N3O2/c1-4-11-12(5-2)16-17-14(13(11)15(19)20)18-8-6-7-10(3)9-18/h7H,4-6,8-9H2,1-3H3,(H,19,20). The maximum Gasteiger partial charge on any atom is 0.339 e. The van der Waals surface area contributed by atoms with Crippen molar-refractivity contribution in [2.45, 2.75) is 40.0 Å². The van der Waals surface area contributed by atoms with Gasteiger partial charge in [-0.15, -0.1) is 5.10 Å². The van der Waals surface area contributed by atoms with Crippen molar-refractivity contribution in [3.8, 4) is 0 Å². The molecule has 0 aliphatic carbocycles. The number of carboxylic acid groups (broad SMARTS) is 1. The second kappa shape index (κ2) is 6.03. The van der Waals surface area contributed by atoms with Gasteiger partial charge >= 0.3 is 5.97 Å². The molecule has 1 aliphatic heterocycles. The number of nitrogens with zero attached hydrogens (tertiary/aromatic N) is 3. The van der Waals surface area contributed by atoms with Gasteiger partial charge in [0.05, 0.1) is 5.69 Å². The van der Waals surface area contributed by atoms with Gasteiger partial charge in [0.25, 0.3) is 0 Å². The summed E-state index contributed by atoms with van der Waals surface area (Å²) in [5.41, 5.74) is 3.18. The average molecular weight is 275 g/mol. The lowest BCUT2D eigenvalue weighted by Gasteiger charge is -2.28. The third kappa shape index (κ3) is 2.66. The molecule has 0 bridgehead atoms. The summed E-state index contributed by atoms with van der Waals surface area (Å²) in [5, 5.41) is 18.0. The first-order valence-corrected chi connectivity index (χ1v) is 7.10. The van der Waals surface area contributed by atoms with Gasteiger partial charge in [0.15, 0.2) is 5.82 Å². The molecule has 5 nitrogen and oxygen atoms in total. The van der Waals surface area contributed by atoms with E-state index in [0.29, 0.717) is 24.2 Å². The molecule has 20 heavy (non-hydrogen) atoms. The Labute approximate surface area is 119 Å². The van der Waals surface area contributed by atoms with Gasteiger partial charge in [-0.25, -0.2) is 4.79 Å². The van der Waals surface area contributed by atoms with Gasteiger partial charge in [-0.2, -0.15) is 5.10 Å². The van der Waals surface area contributed by atoms with Crippen molar-refractivity contribution in [1.82, 2.24) is 10.2 Å². The van der Waals surface area contributed by atoms with Crippen molar-refractivity contribution < 1.29 is 9.90 Å².